The van der Waals surface area contributed by atoms with Crippen molar-refractivity contribution in [1.29, 1.82) is 0 Å². The van der Waals surface area contributed by atoms with Crippen molar-refractivity contribution in [3.63, 3.8) is 0 Å². The molecule has 0 aliphatic heterocycles. The van der Waals surface area contributed by atoms with Crippen LogP contribution >= 0.6 is 0 Å². The second kappa shape index (κ2) is 1.75. The molecule has 1 heteroatoms. The van der Waals surface area contributed by atoms with Gasteiger partial charge in [0.25, 0.3) is 0 Å². The van der Waals surface area contributed by atoms with E-state index in [4.69, 9.17) is 4.74 Å². The lowest BCUT2D eigenvalue weighted by atomic mass is 10.1. The Morgan fingerprint density at radius 2 is 1.17 bits per heavy atom. The fraction of sp³-hybridized carbons (Fsp3) is 1.00. The van der Waals surface area contributed by atoms with Crippen molar-refractivity contribution in [2.24, 2.45) is 35.5 Å². The Morgan fingerprint density at radius 1 is 0.750 bits per heavy atom. The third-order valence-electron chi connectivity index (χ3n) is 4.89. The lowest BCUT2D eigenvalue weighted by Gasteiger charge is -2.13. The minimum Gasteiger partial charge on any atom is -0.381 e. The molecular weight excluding hydrogens is 148 g/mol. The average molecular weight is 164 g/mol. The van der Waals surface area contributed by atoms with Gasteiger partial charge in [0.05, 0.1) is 6.10 Å². The van der Waals surface area contributed by atoms with Crippen LogP contribution in [0.2, 0.25) is 0 Å². The Labute approximate surface area is 73.5 Å². The largest absolute Gasteiger partial charge is 0.381 e. The van der Waals surface area contributed by atoms with Gasteiger partial charge in [0.15, 0.2) is 0 Å². The molecule has 4 aliphatic carbocycles. The van der Waals surface area contributed by atoms with Gasteiger partial charge in [0.1, 0.15) is 0 Å². The Morgan fingerprint density at radius 3 is 1.67 bits per heavy atom. The quantitative estimate of drug-likeness (QED) is 0.575. The summed E-state index contributed by atoms with van der Waals surface area (Å²) in [5.41, 5.74) is 0. The number of hydrogen-bond donors (Lipinski definition) is 0. The third-order valence-corrected chi connectivity index (χ3v) is 4.89. The summed E-state index contributed by atoms with van der Waals surface area (Å²) in [5, 5.41) is 0. The number of rotatable bonds is 1. The second-order valence-corrected chi connectivity index (χ2v) is 5.39. The third kappa shape index (κ3) is 0.618. The van der Waals surface area contributed by atoms with Crippen molar-refractivity contribution in [2.75, 3.05) is 7.11 Å². The number of hydrogen-bond acceptors (Lipinski definition) is 1. The molecule has 0 aromatic heterocycles. The summed E-state index contributed by atoms with van der Waals surface area (Å²) >= 11 is 0. The summed E-state index contributed by atoms with van der Waals surface area (Å²) in [6.45, 7) is 0. The lowest BCUT2D eigenvalue weighted by Crippen LogP contribution is -2.17. The molecule has 1 unspecified atom stereocenters. The Bertz CT molecular complexity index is 215. The van der Waals surface area contributed by atoms with Crippen LogP contribution in [0, 0.1) is 35.5 Å². The maximum Gasteiger partial charge on any atom is 0.0633 e. The Hall–Kier alpha value is -0.0400. The van der Waals surface area contributed by atoms with Gasteiger partial charge in [-0.15, -0.1) is 0 Å². The highest BCUT2D eigenvalue weighted by Gasteiger charge is 2.68. The SMILES string of the molecule is COC1[C@H]2C[C@@H]2[C@@H]2C[C@@H]2[C@@H]2C[C@@H]12. The number of fused-ring (bicyclic) bond motifs is 5. The van der Waals surface area contributed by atoms with Crippen LogP contribution in [-0.4, -0.2) is 13.2 Å². The van der Waals surface area contributed by atoms with Crippen LogP contribution in [0.1, 0.15) is 19.3 Å². The van der Waals surface area contributed by atoms with Crippen LogP contribution in [0.15, 0.2) is 0 Å². The van der Waals surface area contributed by atoms with E-state index >= 15 is 0 Å². The van der Waals surface area contributed by atoms with Gasteiger partial charge in [0.2, 0.25) is 0 Å². The van der Waals surface area contributed by atoms with E-state index in [9.17, 15) is 0 Å². The molecule has 7 atom stereocenters. The fourth-order valence-corrected chi connectivity index (χ4v) is 4.10. The molecule has 0 N–H and O–H groups in total. The molecule has 66 valence electrons. The first-order valence-electron chi connectivity index (χ1n) is 5.43. The van der Waals surface area contributed by atoms with Gasteiger partial charge in [-0.1, -0.05) is 0 Å². The average Bonchev–Trinajstić information content (AvgIpc) is 2.87. The summed E-state index contributed by atoms with van der Waals surface area (Å²) in [4.78, 5) is 0. The molecule has 0 bridgehead atoms. The van der Waals surface area contributed by atoms with Gasteiger partial charge >= 0.3 is 0 Å². The predicted octanol–water partition coefficient (Wildman–Crippen LogP) is 1.92. The predicted molar refractivity (Wildman–Crippen MR) is 45.6 cm³/mol. The molecule has 4 saturated carbocycles. The van der Waals surface area contributed by atoms with Gasteiger partial charge < -0.3 is 4.74 Å². The van der Waals surface area contributed by atoms with Gasteiger partial charge in [-0.25, -0.2) is 0 Å². The van der Waals surface area contributed by atoms with Gasteiger partial charge in [-0.2, -0.15) is 0 Å². The first-order valence-corrected chi connectivity index (χ1v) is 5.43. The van der Waals surface area contributed by atoms with Crippen LogP contribution in [-0.2, 0) is 4.74 Å². The molecule has 0 spiro atoms. The van der Waals surface area contributed by atoms with Gasteiger partial charge in [0, 0.05) is 7.11 Å². The highest BCUT2D eigenvalue weighted by Crippen LogP contribution is 2.72. The highest BCUT2D eigenvalue weighted by atomic mass is 16.5. The zero-order valence-electron chi connectivity index (χ0n) is 7.57. The number of methoxy groups -OCH3 is 1. The summed E-state index contributed by atoms with van der Waals surface area (Å²) in [5.74, 6) is 6.50. The van der Waals surface area contributed by atoms with E-state index in [1.165, 1.54) is 12.8 Å². The zero-order chi connectivity index (χ0) is 7.87. The van der Waals surface area contributed by atoms with E-state index in [2.05, 4.69) is 0 Å². The van der Waals surface area contributed by atoms with E-state index in [1.54, 1.807) is 6.42 Å². The minimum atomic E-state index is 0.674. The normalized spacial score (nSPS) is 70.2. The molecule has 1 nitrogen and oxygen atoms in total. The summed E-state index contributed by atoms with van der Waals surface area (Å²) in [7, 11) is 1.92. The van der Waals surface area contributed by atoms with Crippen molar-refractivity contribution in [2.45, 2.75) is 25.4 Å². The van der Waals surface area contributed by atoms with Crippen LogP contribution in [0.3, 0.4) is 0 Å². The van der Waals surface area contributed by atoms with Crippen molar-refractivity contribution >= 4 is 0 Å². The van der Waals surface area contributed by atoms with E-state index in [1.807, 2.05) is 7.11 Å². The highest BCUT2D eigenvalue weighted by molar-refractivity contribution is 5.17. The molecule has 0 aromatic carbocycles. The molecule has 0 heterocycles. The lowest BCUT2D eigenvalue weighted by molar-refractivity contribution is 0.0592. The maximum atomic E-state index is 5.65. The Balaban J connectivity index is 1.67. The topological polar surface area (TPSA) is 9.23 Å². The first kappa shape index (κ1) is 6.42. The molecular formula is C11H16O. The minimum absolute atomic E-state index is 0.674. The molecule has 4 fully saturated rings. The van der Waals surface area contributed by atoms with Crippen molar-refractivity contribution in [3.8, 4) is 0 Å². The van der Waals surface area contributed by atoms with Crippen LogP contribution in [0.25, 0.3) is 0 Å². The van der Waals surface area contributed by atoms with Crippen LogP contribution in [0.4, 0.5) is 0 Å². The summed E-state index contributed by atoms with van der Waals surface area (Å²) < 4.78 is 5.65. The fourth-order valence-electron chi connectivity index (χ4n) is 4.10. The second-order valence-electron chi connectivity index (χ2n) is 5.39. The van der Waals surface area contributed by atoms with Gasteiger partial charge in [-0.3, -0.25) is 0 Å². The summed E-state index contributed by atoms with van der Waals surface area (Å²) in [6.07, 6.45) is 5.26. The van der Waals surface area contributed by atoms with E-state index in [-0.39, 0.29) is 0 Å². The summed E-state index contributed by atoms with van der Waals surface area (Å²) in [6, 6.07) is 0. The van der Waals surface area contributed by atoms with Crippen LogP contribution in [0.5, 0.6) is 0 Å². The van der Waals surface area contributed by atoms with Crippen molar-refractivity contribution in [1.82, 2.24) is 0 Å². The molecule has 0 radical (unpaired) electrons. The van der Waals surface area contributed by atoms with Crippen molar-refractivity contribution < 1.29 is 4.74 Å². The standard InChI is InChI=1S/C11H16O/c1-12-11-9-3-7(9)5-2-6(5)8-4-10(8)11/h5-11H,2-4H2,1H3/t5-,6+,7-,8+,9+,10-,11?. The molecule has 0 aromatic rings. The molecule has 4 rings (SSSR count). The van der Waals surface area contributed by atoms with Gasteiger partial charge in [-0.05, 0) is 54.8 Å². The molecule has 0 saturated heterocycles. The monoisotopic (exact) mass is 164 g/mol. The maximum absolute atomic E-state index is 5.65. The molecule has 12 heavy (non-hydrogen) atoms. The first-order chi connectivity index (χ1) is 5.90. The number of ether oxygens (including phenoxy) is 1. The smallest absolute Gasteiger partial charge is 0.0633 e. The van der Waals surface area contributed by atoms with E-state index in [0.29, 0.717) is 6.10 Å². The van der Waals surface area contributed by atoms with Crippen molar-refractivity contribution in [3.05, 3.63) is 0 Å². The zero-order valence-corrected chi connectivity index (χ0v) is 7.57. The van der Waals surface area contributed by atoms with E-state index in [0.717, 1.165) is 35.5 Å². The molecule has 0 amide bonds. The Kier molecular flexibility index (Phi) is 0.934. The molecule has 4 aliphatic rings. The van der Waals surface area contributed by atoms with E-state index < -0.39 is 0 Å². The van der Waals surface area contributed by atoms with Crippen LogP contribution < -0.4 is 0 Å².